The number of carbonyl (C=O) groups excluding carboxylic acids is 2. The van der Waals surface area contributed by atoms with E-state index in [0.717, 1.165) is 51.2 Å². The minimum Gasteiger partial charge on any atom is -0.301 e. The first kappa shape index (κ1) is 21.2. The maximum atomic E-state index is 13.1. The first-order valence-electron chi connectivity index (χ1n) is 11.4. The number of fused-ring (bicyclic) bond motifs is 1. The van der Waals surface area contributed by atoms with Crippen molar-refractivity contribution < 1.29 is 14.0 Å². The molecule has 2 atom stereocenters. The van der Waals surface area contributed by atoms with Crippen LogP contribution >= 0.6 is 0 Å². The van der Waals surface area contributed by atoms with Crippen LogP contribution in [-0.4, -0.2) is 53.5 Å². The number of halogens is 1. The molecule has 1 saturated carbocycles. The van der Waals surface area contributed by atoms with Gasteiger partial charge < -0.3 is 4.90 Å². The van der Waals surface area contributed by atoms with E-state index < -0.39 is 0 Å². The van der Waals surface area contributed by atoms with E-state index in [2.05, 4.69) is 11.8 Å². The van der Waals surface area contributed by atoms with Crippen molar-refractivity contribution in [3.8, 4) is 0 Å². The van der Waals surface area contributed by atoms with E-state index in [1.54, 1.807) is 17.1 Å². The first-order chi connectivity index (χ1) is 14.5. The van der Waals surface area contributed by atoms with Crippen LogP contribution in [0, 0.1) is 23.6 Å². The van der Waals surface area contributed by atoms with E-state index in [1.807, 2.05) is 0 Å². The van der Waals surface area contributed by atoms with E-state index in [0.29, 0.717) is 24.4 Å². The monoisotopic (exact) mass is 413 g/mol. The molecule has 2 heterocycles. The lowest BCUT2D eigenvalue weighted by molar-refractivity contribution is -0.133. The Balaban J connectivity index is 1.25. The van der Waals surface area contributed by atoms with Gasteiger partial charge in [-0.15, -0.1) is 0 Å². The third-order valence-electron chi connectivity index (χ3n) is 7.15. The summed E-state index contributed by atoms with van der Waals surface area (Å²) in [6, 6.07) is 5.84. The van der Waals surface area contributed by atoms with Gasteiger partial charge in [-0.05, 0) is 75.4 Å². The number of hydrogen-bond acceptors (Lipinski definition) is 4. The molecule has 1 aliphatic carbocycles. The molecular formula is C24H32FN3O2. The third-order valence-corrected chi connectivity index (χ3v) is 7.15. The molecule has 1 saturated heterocycles. The predicted octanol–water partition coefficient (Wildman–Crippen LogP) is 4.14. The second-order valence-corrected chi connectivity index (χ2v) is 9.04. The van der Waals surface area contributed by atoms with Gasteiger partial charge in [-0.3, -0.25) is 9.59 Å². The van der Waals surface area contributed by atoms with Crippen molar-refractivity contribution in [2.75, 3.05) is 26.2 Å². The lowest BCUT2D eigenvalue weighted by Crippen LogP contribution is -2.44. The van der Waals surface area contributed by atoms with Gasteiger partial charge in [-0.2, -0.15) is 5.10 Å². The summed E-state index contributed by atoms with van der Waals surface area (Å²) in [5.74, 6) is 1.05. The zero-order chi connectivity index (χ0) is 21.1. The maximum Gasteiger partial charge on any atom is 0.243 e. The van der Waals surface area contributed by atoms with Crippen molar-refractivity contribution in [3.05, 3.63) is 35.6 Å². The highest BCUT2D eigenvalue weighted by Crippen LogP contribution is 2.34. The van der Waals surface area contributed by atoms with Crippen molar-refractivity contribution in [2.45, 2.75) is 51.9 Å². The Morgan fingerprint density at radius 2 is 1.87 bits per heavy atom. The maximum absolute atomic E-state index is 13.1. The molecule has 1 aromatic rings. The molecule has 5 nitrogen and oxygen atoms in total. The van der Waals surface area contributed by atoms with E-state index in [1.165, 1.54) is 30.7 Å². The number of nitrogens with zero attached hydrogens (tertiary/aromatic N) is 3. The quantitative estimate of drug-likeness (QED) is 0.659. The number of Topliss-reactive ketones (excluding diaryl/α,β-unsaturated/α-hetero) is 1. The molecule has 1 aromatic carbocycles. The van der Waals surface area contributed by atoms with E-state index in [-0.39, 0.29) is 23.4 Å². The van der Waals surface area contributed by atoms with Crippen LogP contribution in [0.1, 0.15) is 62.2 Å². The molecular weight excluding hydrogens is 381 g/mol. The van der Waals surface area contributed by atoms with Crippen molar-refractivity contribution in [3.63, 3.8) is 0 Å². The average Bonchev–Trinajstić information content (AvgIpc) is 2.77. The van der Waals surface area contributed by atoms with Gasteiger partial charge in [0.1, 0.15) is 5.82 Å². The van der Waals surface area contributed by atoms with Gasteiger partial charge in [-0.1, -0.05) is 13.3 Å². The highest BCUT2D eigenvalue weighted by Gasteiger charge is 2.34. The van der Waals surface area contributed by atoms with Crippen LogP contribution in [-0.2, 0) is 4.79 Å². The van der Waals surface area contributed by atoms with Gasteiger partial charge in [0.15, 0.2) is 5.78 Å². The molecule has 162 valence electrons. The van der Waals surface area contributed by atoms with Crippen LogP contribution in [0.3, 0.4) is 0 Å². The Hall–Kier alpha value is -2.08. The number of carbonyl (C=O) groups is 2. The fraction of sp³-hybridized carbons (Fsp3) is 0.625. The Morgan fingerprint density at radius 3 is 2.57 bits per heavy atom. The zero-order valence-electron chi connectivity index (χ0n) is 17.9. The smallest absolute Gasteiger partial charge is 0.243 e. The summed E-state index contributed by atoms with van der Waals surface area (Å²) in [5, 5.41) is 6.41. The van der Waals surface area contributed by atoms with Gasteiger partial charge in [0.25, 0.3) is 0 Å². The van der Waals surface area contributed by atoms with Gasteiger partial charge in [0, 0.05) is 36.1 Å². The molecule has 2 unspecified atom stereocenters. The number of benzene rings is 1. The predicted molar refractivity (Wildman–Crippen MR) is 115 cm³/mol. The summed E-state index contributed by atoms with van der Waals surface area (Å²) in [6.45, 7) is 5.35. The van der Waals surface area contributed by atoms with Crippen LogP contribution in [0.4, 0.5) is 4.39 Å². The topological polar surface area (TPSA) is 53.0 Å². The lowest BCUT2D eigenvalue weighted by Gasteiger charge is -2.36. The molecule has 3 aliphatic rings. The molecule has 0 bridgehead atoms. The number of hydrogen-bond donors (Lipinski definition) is 0. The van der Waals surface area contributed by atoms with Crippen LogP contribution in [0.5, 0.6) is 0 Å². The van der Waals surface area contributed by atoms with Crippen molar-refractivity contribution >= 4 is 17.4 Å². The molecule has 0 aromatic heterocycles. The molecule has 0 N–H and O–H groups in total. The molecule has 2 aliphatic heterocycles. The van der Waals surface area contributed by atoms with E-state index >= 15 is 0 Å². The summed E-state index contributed by atoms with van der Waals surface area (Å²) < 4.78 is 13.1. The summed E-state index contributed by atoms with van der Waals surface area (Å²) in [6.07, 6.45) is 6.76. The van der Waals surface area contributed by atoms with Crippen LogP contribution < -0.4 is 0 Å². The molecule has 30 heavy (non-hydrogen) atoms. The fourth-order valence-electron chi connectivity index (χ4n) is 5.12. The van der Waals surface area contributed by atoms with Crippen molar-refractivity contribution in [1.82, 2.24) is 9.91 Å². The van der Waals surface area contributed by atoms with Crippen LogP contribution in [0.2, 0.25) is 0 Å². The van der Waals surface area contributed by atoms with Crippen molar-refractivity contribution in [2.24, 2.45) is 22.9 Å². The number of rotatable bonds is 6. The average molecular weight is 414 g/mol. The minimum absolute atomic E-state index is 0.00178. The van der Waals surface area contributed by atoms with Gasteiger partial charge in [0.05, 0.1) is 6.54 Å². The number of piperidine rings is 1. The normalized spacial score (nSPS) is 25.7. The van der Waals surface area contributed by atoms with Crippen molar-refractivity contribution in [1.29, 1.82) is 0 Å². The molecule has 4 rings (SSSR count). The van der Waals surface area contributed by atoms with Gasteiger partial charge in [-0.25, -0.2) is 9.40 Å². The summed E-state index contributed by atoms with van der Waals surface area (Å²) >= 11 is 0. The fourth-order valence-corrected chi connectivity index (χ4v) is 5.12. The number of ketones is 1. The minimum atomic E-state index is -0.318. The third kappa shape index (κ3) is 4.80. The number of hydrazone groups is 1. The Morgan fingerprint density at radius 1 is 1.13 bits per heavy atom. The molecule has 6 heteroatoms. The second kappa shape index (κ2) is 9.38. The summed E-state index contributed by atoms with van der Waals surface area (Å²) in [7, 11) is 0. The van der Waals surface area contributed by atoms with Gasteiger partial charge >= 0.3 is 0 Å². The highest BCUT2D eigenvalue weighted by atomic mass is 19.1. The first-order valence-corrected chi connectivity index (χ1v) is 11.4. The number of amides is 1. The Labute approximate surface area is 178 Å². The van der Waals surface area contributed by atoms with Crippen LogP contribution in [0.15, 0.2) is 29.4 Å². The SMILES string of the molecule is CCC1CCC2=NN(CCN3CCC(C(=O)c4ccc(F)cc4)CC3)C(=O)CC2C1. The number of likely N-dealkylation sites (tertiary alicyclic amines) is 1. The zero-order valence-corrected chi connectivity index (χ0v) is 17.9. The molecule has 2 fully saturated rings. The standard InChI is InChI=1S/C24H32FN3O2/c1-2-17-3-8-22-20(15-17)16-23(29)28(26-22)14-13-27-11-9-19(10-12-27)24(30)18-4-6-21(25)7-5-18/h4-7,17,19-20H,2-3,8-16H2,1H3. The second-order valence-electron chi connectivity index (χ2n) is 9.04. The Kier molecular flexibility index (Phi) is 6.61. The summed E-state index contributed by atoms with van der Waals surface area (Å²) in [5.41, 5.74) is 1.82. The molecule has 0 spiro atoms. The van der Waals surface area contributed by atoms with E-state index in [4.69, 9.17) is 5.10 Å². The summed E-state index contributed by atoms with van der Waals surface area (Å²) in [4.78, 5) is 27.5. The molecule has 0 radical (unpaired) electrons. The Bertz CT molecular complexity index is 799. The van der Waals surface area contributed by atoms with Crippen LogP contribution in [0.25, 0.3) is 0 Å². The lowest BCUT2D eigenvalue weighted by atomic mass is 9.77. The highest BCUT2D eigenvalue weighted by molar-refractivity contribution is 5.98. The molecule has 1 amide bonds. The van der Waals surface area contributed by atoms with E-state index in [9.17, 15) is 14.0 Å². The van der Waals surface area contributed by atoms with Gasteiger partial charge in [0.2, 0.25) is 5.91 Å². The largest absolute Gasteiger partial charge is 0.301 e.